The molecule has 0 spiro atoms. The molecule has 2 aromatic rings. The van der Waals surface area contributed by atoms with Crippen LogP contribution in [0.25, 0.3) is 6.08 Å². The van der Waals surface area contributed by atoms with Crippen LogP contribution >= 0.6 is 35.0 Å². The third-order valence-electron chi connectivity index (χ3n) is 3.19. The van der Waals surface area contributed by atoms with Crippen molar-refractivity contribution >= 4 is 63.5 Å². The zero-order chi connectivity index (χ0) is 18.0. The summed E-state index contributed by atoms with van der Waals surface area (Å²) < 4.78 is 0. The molecule has 1 amide bonds. The average molecular weight is 394 g/mol. The minimum Gasteiger partial charge on any atom is -0.300 e. The fourth-order valence-electron chi connectivity index (χ4n) is 2.05. The lowest BCUT2D eigenvalue weighted by molar-refractivity contribution is -0.384. The third-order valence-corrected chi connectivity index (χ3v) is 4.73. The van der Waals surface area contributed by atoms with Gasteiger partial charge in [-0.25, -0.2) is 4.99 Å². The van der Waals surface area contributed by atoms with Crippen molar-refractivity contribution in [3.63, 3.8) is 0 Å². The molecule has 1 saturated heterocycles. The van der Waals surface area contributed by atoms with Gasteiger partial charge in [-0.2, -0.15) is 0 Å². The van der Waals surface area contributed by atoms with Gasteiger partial charge in [-0.15, -0.1) is 0 Å². The summed E-state index contributed by atoms with van der Waals surface area (Å²) in [6, 6.07) is 11.7. The molecule has 1 heterocycles. The summed E-state index contributed by atoms with van der Waals surface area (Å²) in [6.07, 6.45) is 1.47. The van der Waals surface area contributed by atoms with Crippen molar-refractivity contribution in [1.29, 1.82) is 0 Å². The number of hydrogen-bond acceptors (Lipinski definition) is 5. The van der Waals surface area contributed by atoms with E-state index >= 15 is 0 Å². The molecule has 25 heavy (non-hydrogen) atoms. The Morgan fingerprint density at radius 2 is 1.88 bits per heavy atom. The first-order chi connectivity index (χ1) is 11.9. The first-order valence-electron chi connectivity index (χ1n) is 6.92. The van der Waals surface area contributed by atoms with Crippen LogP contribution in [-0.4, -0.2) is 16.0 Å². The number of nitro groups is 1. The Morgan fingerprint density at radius 1 is 1.16 bits per heavy atom. The Kier molecular flexibility index (Phi) is 5.08. The molecule has 3 rings (SSSR count). The zero-order valence-electron chi connectivity index (χ0n) is 12.4. The summed E-state index contributed by atoms with van der Waals surface area (Å²) in [4.78, 5) is 27.1. The second kappa shape index (κ2) is 7.26. The molecule has 0 saturated carbocycles. The summed E-state index contributed by atoms with van der Waals surface area (Å²) in [5.41, 5.74) is 0.752. The second-order valence-electron chi connectivity index (χ2n) is 4.90. The Balaban J connectivity index is 1.92. The van der Waals surface area contributed by atoms with Gasteiger partial charge in [0.25, 0.3) is 11.6 Å². The van der Waals surface area contributed by atoms with E-state index in [1.165, 1.54) is 18.2 Å². The van der Waals surface area contributed by atoms with Gasteiger partial charge in [0.1, 0.15) is 5.02 Å². The molecule has 1 N–H and O–H groups in total. The van der Waals surface area contributed by atoms with Crippen LogP contribution in [0.3, 0.4) is 0 Å². The predicted molar refractivity (Wildman–Crippen MR) is 100 cm³/mol. The maximum atomic E-state index is 12.1. The predicted octanol–water partition coefficient (Wildman–Crippen LogP) is 4.79. The van der Waals surface area contributed by atoms with E-state index in [9.17, 15) is 14.9 Å². The number of nitrogens with one attached hydrogen (secondary N) is 1. The minimum absolute atomic E-state index is 0.0630. The van der Waals surface area contributed by atoms with E-state index in [-0.39, 0.29) is 21.6 Å². The number of carbonyl (C=O) groups excluding carboxylic acids is 1. The highest BCUT2D eigenvalue weighted by Gasteiger charge is 2.25. The molecule has 2 aromatic carbocycles. The Hall–Kier alpha value is -2.35. The van der Waals surface area contributed by atoms with Crippen LogP contribution in [0.4, 0.5) is 11.4 Å². The van der Waals surface area contributed by atoms with Crippen LogP contribution in [0.5, 0.6) is 0 Å². The summed E-state index contributed by atoms with van der Waals surface area (Å²) in [7, 11) is 0. The molecule has 0 atom stereocenters. The van der Waals surface area contributed by atoms with Crippen LogP contribution in [0, 0.1) is 10.1 Å². The van der Waals surface area contributed by atoms with Gasteiger partial charge in [0.15, 0.2) is 5.17 Å². The molecule has 6 nitrogen and oxygen atoms in total. The number of amides is 1. The number of para-hydroxylation sites is 1. The quantitative estimate of drug-likeness (QED) is 0.461. The molecule has 1 fully saturated rings. The number of thioether (sulfide) groups is 1. The number of halogens is 2. The minimum atomic E-state index is -0.606. The van der Waals surface area contributed by atoms with Crippen molar-refractivity contribution in [1.82, 2.24) is 5.32 Å². The summed E-state index contributed by atoms with van der Waals surface area (Å²) in [5.74, 6) is -0.353. The molecule has 126 valence electrons. The molecule has 1 aliphatic heterocycles. The standard InChI is InChI=1S/C16H9Cl2N3O3S/c17-11-8-12(18)13(21(23)24)6-9(11)7-14-15(22)20-16(25-14)19-10-4-2-1-3-5-10/h1-8H,(H,19,20,22)/b14-7-. The van der Waals surface area contributed by atoms with E-state index in [0.29, 0.717) is 21.3 Å². The topological polar surface area (TPSA) is 84.6 Å². The summed E-state index contributed by atoms with van der Waals surface area (Å²) >= 11 is 13.0. The van der Waals surface area contributed by atoms with Crippen molar-refractivity contribution < 1.29 is 9.72 Å². The van der Waals surface area contributed by atoms with Gasteiger partial charge in [-0.05, 0) is 36.0 Å². The molecule has 9 heteroatoms. The van der Waals surface area contributed by atoms with E-state index in [2.05, 4.69) is 10.3 Å². The third kappa shape index (κ3) is 4.01. The smallest absolute Gasteiger partial charge is 0.288 e. The average Bonchev–Trinajstić information content (AvgIpc) is 2.90. The normalized spacial score (nSPS) is 17.1. The number of amidine groups is 1. The van der Waals surface area contributed by atoms with Crippen LogP contribution in [0.1, 0.15) is 5.56 Å². The van der Waals surface area contributed by atoms with Gasteiger partial charge in [0.2, 0.25) is 0 Å². The highest BCUT2D eigenvalue weighted by Crippen LogP contribution is 2.34. The van der Waals surface area contributed by atoms with Gasteiger partial charge in [0.05, 0.1) is 15.5 Å². The number of rotatable bonds is 3. The van der Waals surface area contributed by atoms with Crippen molar-refractivity contribution in [2.75, 3.05) is 0 Å². The fourth-order valence-corrected chi connectivity index (χ4v) is 3.39. The van der Waals surface area contributed by atoms with Crippen LogP contribution < -0.4 is 5.32 Å². The first-order valence-corrected chi connectivity index (χ1v) is 8.49. The molecule has 1 aliphatic rings. The number of nitro benzene ring substituents is 1. The Morgan fingerprint density at radius 3 is 2.56 bits per heavy atom. The summed E-state index contributed by atoms with van der Waals surface area (Å²) in [6.45, 7) is 0. The molecular weight excluding hydrogens is 385 g/mol. The number of carbonyl (C=O) groups is 1. The maximum Gasteiger partial charge on any atom is 0.288 e. The lowest BCUT2D eigenvalue weighted by Crippen LogP contribution is -2.19. The number of benzene rings is 2. The lowest BCUT2D eigenvalue weighted by atomic mass is 10.2. The summed E-state index contributed by atoms with van der Waals surface area (Å²) in [5, 5.41) is 14.2. The highest BCUT2D eigenvalue weighted by molar-refractivity contribution is 8.18. The van der Waals surface area contributed by atoms with Crippen molar-refractivity contribution in [2.24, 2.45) is 4.99 Å². The van der Waals surface area contributed by atoms with E-state index < -0.39 is 4.92 Å². The number of nitrogens with zero attached hydrogens (tertiary/aromatic N) is 2. The van der Waals surface area contributed by atoms with Gasteiger partial charge in [-0.1, -0.05) is 41.4 Å². The molecule has 0 unspecified atom stereocenters. The lowest BCUT2D eigenvalue weighted by Gasteiger charge is -2.01. The second-order valence-corrected chi connectivity index (χ2v) is 6.74. The van der Waals surface area contributed by atoms with Crippen LogP contribution in [0.15, 0.2) is 52.4 Å². The fraction of sp³-hybridized carbons (Fsp3) is 0. The monoisotopic (exact) mass is 393 g/mol. The van der Waals surface area contributed by atoms with E-state index in [1.807, 2.05) is 18.2 Å². The SMILES string of the molecule is O=C1NC(=Nc2ccccc2)S/C1=C\c1cc([N+](=O)[O-])c(Cl)cc1Cl. The van der Waals surface area contributed by atoms with E-state index in [1.54, 1.807) is 12.1 Å². The first kappa shape index (κ1) is 17.5. The molecule has 0 aliphatic carbocycles. The largest absolute Gasteiger partial charge is 0.300 e. The molecular formula is C16H9Cl2N3O3S. The number of aliphatic imine (C=N–C) groups is 1. The van der Waals surface area contributed by atoms with Crippen molar-refractivity contribution in [3.8, 4) is 0 Å². The van der Waals surface area contributed by atoms with Crippen molar-refractivity contribution in [2.45, 2.75) is 0 Å². The van der Waals surface area contributed by atoms with E-state index in [0.717, 1.165) is 11.8 Å². The Labute approximate surface area is 156 Å². The molecule has 0 radical (unpaired) electrons. The van der Waals surface area contributed by atoms with Crippen LogP contribution in [-0.2, 0) is 4.79 Å². The van der Waals surface area contributed by atoms with Crippen LogP contribution in [0.2, 0.25) is 10.0 Å². The highest BCUT2D eigenvalue weighted by atomic mass is 35.5. The van der Waals surface area contributed by atoms with Gasteiger partial charge >= 0.3 is 0 Å². The van der Waals surface area contributed by atoms with Gasteiger partial charge in [0, 0.05) is 16.7 Å². The Bertz CT molecular complexity index is 930. The maximum absolute atomic E-state index is 12.1. The molecule has 0 aromatic heterocycles. The van der Waals surface area contributed by atoms with Gasteiger partial charge in [-0.3, -0.25) is 14.9 Å². The van der Waals surface area contributed by atoms with Gasteiger partial charge < -0.3 is 5.32 Å². The molecule has 0 bridgehead atoms. The van der Waals surface area contributed by atoms with E-state index in [4.69, 9.17) is 23.2 Å². The van der Waals surface area contributed by atoms with Crippen molar-refractivity contribution in [3.05, 3.63) is 73.1 Å². The zero-order valence-corrected chi connectivity index (χ0v) is 14.7. The number of hydrogen-bond donors (Lipinski definition) is 1.